The van der Waals surface area contributed by atoms with Crippen LogP contribution in [-0.4, -0.2) is 43.2 Å². The molecule has 29 heavy (non-hydrogen) atoms. The van der Waals surface area contributed by atoms with Crippen LogP contribution in [0.15, 0.2) is 40.6 Å². The Morgan fingerprint density at radius 1 is 1.14 bits per heavy atom. The summed E-state index contributed by atoms with van der Waals surface area (Å²) in [6.07, 6.45) is 1.97. The second-order valence-corrected chi connectivity index (χ2v) is 10.5. The maximum atomic E-state index is 13.1. The molecule has 8 heteroatoms. The zero-order valence-corrected chi connectivity index (χ0v) is 17.9. The van der Waals surface area contributed by atoms with Gasteiger partial charge in [-0.2, -0.15) is 9.57 Å². The van der Waals surface area contributed by atoms with Gasteiger partial charge in [0.2, 0.25) is 15.9 Å². The van der Waals surface area contributed by atoms with Gasteiger partial charge in [-0.25, -0.2) is 8.42 Å². The summed E-state index contributed by atoms with van der Waals surface area (Å²) in [4.78, 5) is 16.6. The number of carbonyl (C=O) groups is 1. The van der Waals surface area contributed by atoms with Crippen LogP contribution in [0.25, 0.3) is 0 Å². The molecule has 0 N–H and O–H groups in total. The van der Waals surface area contributed by atoms with Crippen LogP contribution in [0, 0.1) is 17.2 Å². The smallest absolute Gasteiger partial charge is 0.243 e. The largest absolute Gasteiger partial charge is 0.335 e. The first-order valence-corrected chi connectivity index (χ1v) is 12.1. The average molecular weight is 430 g/mol. The molecule has 1 aromatic heterocycles. The van der Waals surface area contributed by atoms with Gasteiger partial charge in [0.15, 0.2) is 0 Å². The Bertz CT molecular complexity index is 1050. The zero-order valence-electron chi connectivity index (χ0n) is 16.2. The fourth-order valence-corrected chi connectivity index (χ4v) is 6.67. The SMILES string of the molecule is C[C@H]1c2ccsc2CCN1C(=O)C1CCN(S(=O)(=O)c2ccc(C#N)cc2)CC1. The quantitative estimate of drug-likeness (QED) is 0.750. The highest BCUT2D eigenvalue weighted by Gasteiger charge is 2.36. The lowest BCUT2D eigenvalue weighted by Gasteiger charge is -2.38. The summed E-state index contributed by atoms with van der Waals surface area (Å²) in [5.41, 5.74) is 1.67. The van der Waals surface area contributed by atoms with Crippen LogP contribution in [0.1, 0.15) is 41.8 Å². The molecule has 0 unspecified atom stereocenters. The van der Waals surface area contributed by atoms with E-state index in [4.69, 9.17) is 5.26 Å². The Kier molecular flexibility index (Phi) is 5.47. The first-order chi connectivity index (χ1) is 13.9. The fraction of sp³-hybridized carbons (Fsp3) is 0.429. The Morgan fingerprint density at radius 3 is 2.48 bits per heavy atom. The summed E-state index contributed by atoms with van der Waals surface area (Å²) < 4.78 is 27.2. The van der Waals surface area contributed by atoms with Gasteiger partial charge in [0.05, 0.1) is 22.6 Å². The topological polar surface area (TPSA) is 81.5 Å². The van der Waals surface area contributed by atoms with E-state index in [1.54, 1.807) is 11.3 Å². The number of rotatable bonds is 3. The molecule has 2 aliphatic heterocycles. The van der Waals surface area contributed by atoms with E-state index in [1.807, 2.05) is 11.0 Å². The highest BCUT2D eigenvalue weighted by atomic mass is 32.2. The summed E-state index contributed by atoms with van der Waals surface area (Å²) in [5.74, 6) is 0.00909. The maximum Gasteiger partial charge on any atom is 0.243 e. The predicted molar refractivity (Wildman–Crippen MR) is 111 cm³/mol. The Labute approximate surface area is 175 Å². The number of hydrogen-bond donors (Lipinski definition) is 0. The van der Waals surface area contributed by atoms with Gasteiger partial charge in [0.25, 0.3) is 0 Å². The highest BCUT2D eigenvalue weighted by Crippen LogP contribution is 2.35. The third-order valence-corrected chi connectivity index (χ3v) is 8.89. The Balaban J connectivity index is 1.41. The van der Waals surface area contributed by atoms with Gasteiger partial charge >= 0.3 is 0 Å². The molecule has 0 spiro atoms. The average Bonchev–Trinajstić information content (AvgIpc) is 3.23. The van der Waals surface area contributed by atoms with E-state index >= 15 is 0 Å². The first-order valence-electron chi connectivity index (χ1n) is 9.79. The van der Waals surface area contributed by atoms with E-state index in [2.05, 4.69) is 18.4 Å². The van der Waals surface area contributed by atoms with Crippen molar-refractivity contribution in [3.8, 4) is 6.07 Å². The summed E-state index contributed by atoms with van der Waals surface area (Å²) in [5, 5.41) is 11.0. The molecule has 1 amide bonds. The molecule has 0 saturated carbocycles. The van der Waals surface area contributed by atoms with E-state index < -0.39 is 10.0 Å². The van der Waals surface area contributed by atoms with Crippen molar-refractivity contribution in [3.63, 3.8) is 0 Å². The number of amides is 1. The lowest BCUT2D eigenvalue weighted by atomic mass is 9.93. The fourth-order valence-electron chi connectivity index (χ4n) is 4.24. The molecular formula is C21H23N3O3S2. The number of sulfonamides is 1. The van der Waals surface area contributed by atoms with Gasteiger partial charge < -0.3 is 4.90 Å². The minimum Gasteiger partial charge on any atom is -0.335 e. The van der Waals surface area contributed by atoms with Crippen molar-refractivity contribution in [1.82, 2.24) is 9.21 Å². The zero-order chi connectivity index (χ0) is 20.6. The monoisotopic (exact) mass is 429 g/mol. The van der Waals surface area contributed by atoms with Crippen LogP contribution in [-0.2, 0) is 21.2 Å². The van der Waals surface area contributed by atoms with Gasteiger partial charge in [-0.1, -0.05) is 0 Å². The lowest BCUT2D eigenvalue weighted by Crippen LogP contribution is -2.46. The lowest BCUT2D eigenvalue weighted by molar-refractivity contribution is -0.139. The van der Waals surface area contributed by atoms with Crippen LogP contribution in [0.5, 0.6) is 0 Å². The molecule has 0 bridgehead atoms. The van der Waals surface area contributed by atoms with Crippen molar-refractivity contribution in [2.75, 3.05) is 19.6 Å². The van der Waals surface area contributed by atoms with Crippen LogP contribution < -0.4 is 0 Å². The molecule has 1 atom stereocenters. The van der Waals surface area contributed by atoms with Crippen molar-refractivity contribution in [3.05, 3.63) is 51.7 Å². The van der Waals surface area contributed by atoms with Gasteiger partial charge in [0.1, 0.15) is 0 Å². The summed E-state index contributed by atoms with van der Waals surface area (Å²) in [6.45, 7) is 3.49. The van der Waals surface area contributed by atoms with Crippen LogP contribution in [0.2, 0.25) is 0 Å². The van der Waals surface area contributed by atoms with Gasteiger partial charge in [0, 0.05) is 30.4 Å². The molecule has 0 radical (unpaired) electrons. The molecule has 0 aliphatic carbocycles. The van der Waals surface area contributed by atoms with E-state index in [1.165, 1.54) is 39.0 Å². The molecule has 1 saturated heterocycles. The standard InChI is InChI=1S/C21H23N3O3S2/c1-15-19-9-13-28-20(19)8-12-24(15)21(25)17-6-10-23(11-7-17)29(26,27)18-4-2-16(14-22)3-5-18/h2-5,9,13,15,17H,6-8,10-12H2,1H3/t15-/m0/s1. The third-order valence-electron chi connectivity index (χ3n) is 5.98. The Morgan fingerprint density at radius 2 is 1.83 bits per heavy atom. The molecule has 2 aromatic rings. The molecule has 1 aromatic carbocycles. The molecule has 1 fully saturated rings. The van der Waals surface area contributed by atoms with Crippen molar-refractivity contribution in [1.29, 1.82) is 5.26 Å². The third kappa shape index (κ3) is 3.70. The van der Waals surface area contributed by atoms with Crippen molar-refractivity contribution in [2.45, 2.75) is 37.1 Å². The maximum absolute atomic E-state index is 13.1. The minimum absolute atomic E-state index is 0.0814. The Hall–Kier alpha value is -2.21. The van der Waals surface area contributed by atoms with Crippen molar-refractivity contribution >= 4 is 27.3 Å². The van der Waals surface area contributed by atoms with Crippen LogP contribution in [0.4, 0.5) is 0 Å². The number of nitrogens with zero attached hydrogens (tertiary/aromatic N) is 3. The second-order valence-electron chi connectivity index (χ2n) is 7.57. The number of nitriles is 1. The molecule has 2 aliphatic rings. The van der Waals surface area contributed by atoms with Gasteiger partial charge in [-0.05, 0) is 67.5 Å². The molecular weight excluding hydrogens is 406 g/mol. The van der Waals surface area contributed by atoms with Crippen molar-refractivity contribution in [2.24, 2.45) is 5.92 Å². The molecule has 6 nitrogen and oxygen atoms in total. The number of fused-ring (bicyclic) bond motifs is 1. The highest BCUT2D eigenvalue weighted by molar-refractivity contribution is 7.89. The van der Waals surface area contributed by atoms with Gasteiger partial charge in [-0.15, -0.1) is 11.3 Å². The normalized spacial score (nSPS) is 20.8. The number of hydrogen-bond acceptors (Lipinski definition) is 5. The number of benzene rings is 1. The predicted octanol–water partition coefficient (Wildman–Crippen LogP) is 3.17. The van der Waals surface area contributed by atoms with Crippen LogP contribution >= 0.6 is 11.3 Å². The molecule has 3 heterocycles. The second kappa shape index (κ2) is 7.90. The summed E-state index contributed by atoms with van der Waals surface area (Å²) >= 11 is 1.75. The van der Waals surface area contributed by atoms with E-state index in [0.717, 1.165) is 13.0 Å². The van der Waals surface area contributed by atoms with E-state index in [9.17, 15) is 13.2 Å². The van der Waals surface area contributed by atoms with E-state index in [-0.39, 0.29) is 22.8 Å². The number of carbonyl (C=O) groups excluding carboxylic acids is 1. The number of thiophene rings is 1. The minimum atomic E-state index is -3.60. The molecule has 152 valence electrons. The summed E-state index contributed by atoms with van der Waals surface area (Å²) in [6, 6.07) is 10.2. The molecule has 4 rings (SSSR count). The number of piperidine rings is 1. The van der Waals surface area contributed by atoms with Crippen LogP contribution in [0.3, 0.4) is 0 Å². The van der Waals surface area contributed by atoms with E-state index in [0.29, 0.717) is 31.5 Å². The summed E-state index contributed by atoms with van der Waals surface area (Å²) in [7, 11) is -3.60. The first kappa shape index (κ1) is 20.1. The van der Waals surface area contributed by atoms with Gasteiger partial charge in [-0.3, -0.25) is 4.79 Å². The van der Waals surface area contributed by atoms with Crippen molar-refractivity contribution < 1.29 is 13.2 Å².